The molecule has 0 aromatic heterocycles. The van der Waals surface area contributed by atoms with Gasteiger partial charge < -0.3 is 14.7 Å². The van der Waals surface area contributed by atoms with E-state index in [0.29, 0.717) is 32.0 Å². The largest absolute Gasteiger partial charge is 0.445 e. The number of hydrogen-bond acceptors (Lipinski definition) is 3. The van der Waals surface area contributed by atoms with E-state index >= 15 is 0 Å². The smallest absolute Gasteiger partial charge is 0.410 e. The van der Waals surface area contributed by atoms with Crippen LogP contribution in [0.3, 0.4) is 0 Å². The zero-order valence-corrected chi connectivity index (χ0v) is 16.3. The molecule has 0 spiro atoms. The van der Waals surface area contributed by atoms with Crippen molar-refractivity contribution in [3.05, 3.63) is 71.5 Å². The molecule has 150 valence electrons. The molecule has 2 aromatic rings. The average molecular weight is 385 g/mol. The Bertz CT molecular complexity index is 753. The first kappa shape index (κ1) is 20.3. The van der Waals surface area contributed by atoms with Crippen LogP contribution in [0.2, 0.25) is 0 Å². The second-order valence-corrected chi connectivity index (χ2v) is 7.79. The van der Waals surface area contributed by atoms with Gasteiger partial charge in [0.2, 0.25) is 0 Å². The number of benzene rings is 2. The summed E-state index contributed by atoms with van der Waals surface area (Å²) in [6, 6.07) is 15.7. The Morgan fingerprint density at radius 1 is 1.14 bits per heavy atom. The standard InChI is InChI=1S/C23H28FNO3/c1-23(27,20-7-9-21(24)10-8-20)14-11-18-12-15-25(16-13-18)22(26)28-17-19-5-3-2-4-6-19/h2-10,18,27H,11-17H2,1H3/t23-/m1/s1. The minimum atomic E-state index is -0.973. The van der Waals surface area contributed by atoms with Crippen molar-refractivity contribution in [2.45, 2.75) is 44.8 Å². The van der Waals surface area contributed by atoms with Gasteiger partial charge in [0.15, 0.2) is 0 Å². The van der Waals surface area contributed by atoms with E-state index in [1.165, 1.54) is 12.1 Å². The van der Waals surface area contributed by atoms with Gasteiger partial charge in [-0.2, -0.15) is 0 Å². The fraction of sp³-hybridized carbons (Fsp3) is 0.435. The van der Waals surface area contributed by atoms with E-state index in [4.69, 9.17) is 4.74 Å². The Morgan fingerprint density at radius 3 is 2.43 bits per heavy atom. The van der Waals surface area contributed by atoms with E-state index in [1.54, 1.807) is 24.0 Å². The van der Waals surface area contributed by atoms with Gasteiger partial charge in [0, 0.05) is 13.1 Å². The lowest BCUT2D eigenvalue weighted by molar-refractivity contribution is 0.0346. The maximum atomic E-state index is 13.1. The molecule has 0 unspecified atom stereocenters. The highest BCUT2D eigenvalue weighted by Crippen LogP contribution is 2.31. The van der Waals surface area contributed by atoms with Crippen LogP contribution in [0.25, 0.3) is 0 Å². The first-order valence-corrected chi connectivity index (χ1v) is 9.88. The van der Waals surface area contributed by atoms with E-state index in [1.807, 2.05) is 30.3 Å². The maximum absolute atomic E-state index is 13.1. The summed E-state index contributed by atoms with van der Waals surface area (Å²) in [7, 11) is 0. The SMILES string of the molecule is C[C@@](O)(CCC1CCN(C(=O)OCc2ccccc2)CC1)c1ccc(F)cc1. The lowest BCUT2D eigenvalue weighted by atomic mass is 9.84. The van der Waals surface area contributed by atoms with Crippen LogP contribution in [0, 0.1) is 11.7 Å². The molecule has 1 N–H and O–H groups in total. The fourth-order valence-corrected chi connectivity index (χ4v) is 3.65. The van der Waals surface area contributed by atoms with Crippen LogP contribution in [0.5, 0.6) is 0 Å². The van der Waals surface area contributed by atoms with Crippen LogP contribution in [-0.4, -0.2) is 29.2 Å². The maximum Gasteiger partial charge on any atom is 0.410 e. The van der Waals surface area contributed by atoms with Gasteiger partial charge in [-0.25, -0.2) is 9.18 Å². The van der Waals surface area contributed by atoms with Crippen molar-refractivity contribution in [1.29, 1.82) is 0 Å². The monoisotopic (exact) mass is 385 g/mol. The molecule has 0 aliphatic carbocycles. The van der Waals surface area contributed by atoms with E-state index in [-0.39, 0.29) is 11.9 Å². The Kier molecular flexibility index (Phi) is 6.68. The first-order valence-electron chi connectivity index (χ1n) is 9.88. The third-order valence-corrected chi connectivity index (χ3v) is 5.58. The third-order valence-electron chi connectivity index (χ3n) is 5.58. The predicted molar refractivity (Wildman–Crippen MR) is 106 cm³/mol. The minimum Gasteiger partial charge on any atom is -0.445 e. The molecule has 3 rings (SSSR count). The number of ether oxygens (including phenoxy) is 1. The Labute approximate surface area is 165 Å². The first-order chi connectivity index (χ1) is 13.4. The van der Waals surface area contributed by atoms with Crippen LogP contribution in [-0.2, 0) is 16.9 Å². The van der Waals surface area contributed by atoms with Gasteiger partial charge in [-0.05, 0) is 61.8 Å². The van der Waals surface area contributed by atoms with Crippen LogP contribution in [0.1, 0.15) is 43.7 Å². The van der Waals surface area contributed by atoms with Crippen LogP contribution in [0.4, 0.5) is 9.18 Å². The average Bonchev–Trinajstić information content (AvgIpc) is 2.72. The number of rotatable bonds is 6. The molecule has 4 nitrogen and oxygen atoms in total. The van der Waals surface area contributed by atoms with Gasteiger partial charge in [-0.15, -0.1) is 0 Å². The molecule has 1 amide bonds. The molecule has 0 saturated carbocycles. The molecule has 1 heterocycles. The Hall–Kier alpha value is -2.40. The van der Waals surface area contributed by atoms with Crippen molar-refractivity contribution >= 4 is 6.09 Å². The predicted octanol–water partition coefficient (Wildman–Crippen LogP) is 4.86. The molecule has 2 aromatic carbocycles. The molecule has 1 saturated heterocycles. The number of hydrogen-bond donors (Lipinski definition) is 1. The van der Waals surface area contributed by atoms with E-state index in [2.05, 4.69) is 0 Å². The highest BCUT2D eigenvalue weighted by Gasteiger charge is 2.28. The highest BCUT2D eigenvalue weighted by molar-refractivity contribution is 5.67. The summed E-state index contributed by atoms with van der Waals surface area (Å²) in [6.07, 6.45) is 3.03. The quantitative estimate of drug-likeness (QED) is 0.772. The van der Waals surface area contributed by atoms with Gasteiger partial charge in [-0.3, -0.25) is 0 Å². The van der Waals surface area contributed by atoms with Gasteiger partial charge >= 0.3 is 6.09 Å². The summed E-state index contributed by atoms with van der Waals surface area (Å²) >= 11 is 0. The molecule has 1 aliphatic rings. The second-order valence-electron chi connectivity index (χ2n) is 7.79. The molecule has 1 fully saturated rings. The fourth-order valence-electron chi connectivity index (χ4n) is 3.65. The molecule has 0 radical (unpaired) electrons. The summed E-state index contributed by atoms with van der Waals surface area (Å²) in [5, 5.41) is 10.7. The Morgan fingerprint density at radius 2 is 1.79 bits per heavy atom. The molecule has 1 atom stereocenters. The van der Waals surface area contributed by atoms with Crippen LogP contribution < -0.4 is 0 Å². The minimum absolute atomic E-state index is 0.263. The van der Waals surface area contributed by atoms with Crippen molar-refractivity contribution < 1.29 is 19.0 Å². The lowest BCUT2D eigenvalue weighted by Crippen LogP contribution is -2.39. The van der Waals surface area contributed by atoms with Crippen LogP contribution in [0.15, 0.2) is 54.6 Å². The Balaban J connectivity index is 1.41. The summed E-state index contributed by atoms with van der Waals surface area (Å²) in [5.74, 6) is 0.163. The lowest BCUT2D eigenvalue weighted by Gasteiger charge is -2.33. The van der Waals surface area contributed by atoms with Crippen molar-refractivity contribution in [2.75, 3.05) is 13.1 Å². The van der Waals surface area contributed by atoms with Gasteiger partial charge in [-0.1, -0.05) is 42.5 Å². The number of amides is 1. The normalized spacial score (nSPS) is 17.2. The van der Waals surface area contributed by atoms with E-state index < -0.39 is 5.60 Å². The zero-order chi connectivity index (χ0) is 20.0. The van der Waals surface area contributed by atoms with Crippen molar-refractivity contribution in [3.8, 4) is 0 Å². The number of carbonyl (C=O) groups excluding carboxylic acids is 1. The number of likely N-dealkylation sites (tertiary alicyclic amines) is 1. The summed E-state index contributed by atoms with van der Waals surface area (Å²) in [6.45, 7) is 3.42. The molecule has 28 heavy (non-hydrogen) atoms. The summed E-state index contributed by atoms with van der Waals surface area (Å²) in [5.41, 5.74) is 0.740. The van der Waals surface area contributed by atoms with E-state index in [9.17, 15) is 14.3 Å². The number of nitrogens with zero attached hydrogens (tertiary/aromatic N) is 1. The second kappa shape index (κ2) is 9.20. The topological polar surface area (TPSA) is 49.8 Å². The molecule has 1 aliphatic heterocycles. The molecular weight excluding hydrogens is 357 g/mol. The number of halogens is 1. The van der Waals surface area contributed by atoms with Gasteiger partial charge in [0.25, 0.3) is 0 Å². The third kappa shape index (κ3) is 5.55. The van der Waals surface area contributed by atoms with Crippen molar-refractivity contribution in [3.63, 3.8) is 0 Å². The number of piperidine rings is 1. The zero-order valence-electron chi connectivity index (χ0n) is 16.3. The van der Waals surface area contributed by atoms with Gasteiger partial charge in [0.1, 0.15) is 12.4 Å². The summed E-state index contributed by atoms with van der Waals surface area (Å²) < 4.78 is 18.5. The summed E-state index contributed by atoms with van der Waals surface area (Å²) in [4.78, 5) is 14.0. The number of carbonyl (C=O) groups is 1. The van der Waals surface area contributed by atoms with Gasteiger partial charge in [0.05, 0.1) is 5.60 Å². The molecule has 5 heteroatoms. The number of aliphatic hydroxyl groups is 1. The van der Waals surface area contributed by atoms with E-state index in [0.717, 1.165) is 30.4 Å². The molecular formula is C23H28FNO3. The van der Waals surface area contributed by atoms with Crippen molar-refractivity contribution in [1.82, 2.24) is 4.90 Å². The van der Waals surface area contributed by atoms with Crippen molar-refractivity contribution in [2.24, 2.45) is 5.92 Å². The highest BCUT2D eigenvalue weighted by atomic mass is 19.1. The van der Waals surface area contributed by atoms with Crippen LogP contribution >= 0.6 is 0 Å². The molecule has 0 bridgehead atoms.